The molecule has 0 amide bonds. The van der Waals surface area contributed by atoms with E-state index in [1.165, 1.54) is 45.3 Å². The van der Waals surface area contributed by atoms with Crippen molar-refractivity contribution in [3.63, 3.8) is 0 Å². The first-order valence-electron chi connectivity index (χ1n) is 5.85. The number of rotatable bonds is 4. The minimum absolute atomic E-state index is 0.954. The van der Waals surface area contributed by atoms with E-state index in [-0.39, 0.29) is 0 Å². The van der Waals surface area contributed by atoms with Gasteiger partial charge in [0.1, 0.15) is 0 Å². The minimum atomic E-state index is 0.954. The van der Waals surface area contributed by atoms with Crippen molar-refractivity contribution in [1.29, 1.82) is 0 Å². The third kappa shape index (κ3) is 2.68. The molecule has 0 atom stereocenters. The van der Waals surface area contributed by atoms with Crippen LogP contribution in [0.3, 0.4) is 0 Å². The lowest BCUT2D eigenvalue weighted by Gasteiger charge is -2.32. The standard InChI is InChI=1S/C11H22N2/c1-2-12-9-10-5-7-13(8-6-10)11-3-4-11/h10-12H,2-9H2,1H3. The number of hydrogen-bond donors (Lipinski definition) is 1. The third-order valence-electron chi connectivity index (χ3n) is 3.40. The average Bonchev–Trinajstić information content (AvgIpc) is 2.99. The molecule has 0 radical (unpaired) electrons. The van der Waals surface area contributed by atoms with E-state index in [9.17, 15) is 0 Å². The van der Waals surface area contributed by atoms with Crippen molar-refractivity contribution in [2.24, 2.45) is 5.92 Å². The molecule has 0 aromatic rings. The fraction of sp³-hybridized carbons (Fsp3) is 1.00. The van der Waals surface area contributed by atoms with E-state index >= 15 is 0 Å². The van der Waals surface area contributed by atoms with Crippen molar-refractivity contribution < 1.29 is 0 Å². The normalized spacial score (nSPS) is 26.5. The summed E-state index contributed by atoms with van der Waals surface area (Å²) >= 11 is 0. The molecule has 2 rings (SSSR count). The monoisotopic (exact) mass is 182 g/mol. The zero-order valence-corrected chi connectivity index (χ0v) is 8.76. The summed E-state index contributed by atoms with van der Waals surface area (Å²) in [6.07, 6.45) is 5.78. The molecular weight excluding hydrogens is 160 g/mol. The molecule has 0 unspecified atom stereocenters. The van der Waals surface area contributed by atoms with E-state index in [1.54, 1.807) is 0 Å². The van der Waals surface area contributed by atoms with Crippen LogP contribution in [-0.4, -0.2) is 37.1 Å². The van der Waals surface area contributed by atoms with Gasteiger partial charge in [0, 0.05) is 6.04 Å². The van der Waals surface area contributed by atoms with Crippen LogP contribution in [0.5, 0.6) is 0 Å². The van der Waals surface area contributed by atoms with Crippen molar-refractivity contribution in [3.8, 4) is 0 Å². The molecule has 0 spiro atoms. The molecule has 2 nitrogen and oxygen atoms in total. The molecule has 76 valence electrons. The van der Waals surface area contributed by atoms with Gasteiger partial charge in [-0.3, -0.25) is 0 Å². The van der Waals surface area contributed by atoms with Gasteiger partial charge in [0.2, 0.25) is 0 Å². The summed E-state index contributed by atoms with van der Waals surface area (Å²) in [6.45, 7) is 7.29. The van der Waals surface area contributed by atoms with Crippen LogP contribution < -0.4 is 5.32 Å². The molecule has 0 bridgehead atoms. The van der Waals surface area contributed by atoms with Crippen LogP contribution in [0.25, 0.3) is 0 Å². The summed E-state index contributed by atoms with van der Waals surface area (Å²) < 4.78 is 0. The third-order valence-corrected chi connectivity index (χ3v) is 3.40. The predicted octanol–water partition coefficient (Wildman–Crippen LogP) is 1.47. The fourth-order valence-corrected chi connectivity index (χ4v) is 2.31. The molecule has 13 heavy (non-hydrogen) atoms. The van der Waals surface area contributed by atoms with Crippen molar-refractivity contribution in [2.45, 2.75) is 38.6 Å². The zero-order valence-electron chi connectivity index (χ0n) is 8.76. The molecule has 0 aromatic heterocycles. The van der Waals surface area contributed by atoms with Gasteiger partial charge in [0.15, 0.2) is 0 Å². The molecule has 1 aliphatic carbocycles. The Morgan fingerprint density at radius 2 is 1.85 bits per heavy atom. The number of piperidine rings is 1. The predicted molar refractivity (Wildman–Crippen MR) is 55.9 cm³/mol. The topological polar surface area (TPSA) is 15.3 Å². The highest BCUT2D eigenvalue weighted by atomic mass is 15.2. The van der Waals surface area contributed by atoms with Crippen LogP contribution in [-0.2, 0) is 0 Å². The maximum Gasteiger partial charge on any atom is 0.00964 e. The number of nitrogens with zero attached hydrogens (tertiary/aromatic N) is 1. The molecule has 1 saturated carbocycles. The van der Waals surface area contributed by atoms with Crippen LogP contribution in [0.1, 0.15) is 32.6 Å². The van der Waals surface area contributed by atoms with Gasteiger partial charge in [-0.15, -0.1) is 0 Å². The van der Waals surface area contributed by atoms with Crippen molar-refractivity contribution in [1.82, 2.24) is 10.2 Å². The summed E-state index contributed by atoms with van der Waals surface area (Å²) in [5, 5.41) is 3.46. The summed E-state index contributed by atoms with van der Waals surface area (Å²) in [5.74, 6) is 0.954. The minimum Gasteiger partial charge on any atom is -0.317 e. The van der Waals surface area contributed by atoms with Gasteiger partial charge in [-0.25, -0.2) is 0 Å². The number of hydrogen-bond acceptors (Lipinski definition) is 2. The maximum absolute atomic E-state index is 3.46. The molecule has 1 heterocycles. The summed E-state index contributed by atoms with van der Waals surface area (Å²) in [4.78, 5) is 2.70. The molecule has 1 aliphatic heterocycles. The second-order valence-corrected chi connectivity index (χ2v) is 4.52. The fourth-order valence-electron chi connectivity index (χ4n) is 2.31. The van der Waals surface area contributed by atoms with Gasteiger partial charge in [0.05, 0.1) is 0 Å². The van der Waals surface area contributed by atoms with Gasteiger partial charge >= 0.3 is 0 Å². The van der Waals surface area contributed by atoms with Crippen LogP contribution in [0, 0.1) is 5.92 Å². The van der Waals surface area contributed by atoms with E-state index in [4.69, 9.17) is 0 Å². The second kappa shape index (κ2) is 4.43. The summed E-state index contributed by atoms with van der Waals surface area (Å²) in [5.41, 5.74) is 0. The summed E-state index contributed by atoms with van der Waals surface area (Å²) in [7, 11) is 0. The van der Waals surface area contributed by atoms with Crippen molar-refractivity contribution in [3.05, 3.63) is 0 Å². The first-order chi connectivity index (χ1) is 6.40. The average molecular weight is 182 g/mol. The number of nitrogens with one attached hydrogen (secondary N) is 1. The van der Waals surface area contributed by atoms with Crippen LogP contribution in [0.15, 0.2) is 0 Å². The van der Waals surface area contributed by atoms with Gasteiger partial charge in [0.25, 0.3) is 0 Å². The van der Waals surface area contributed by atoms with Crippen LogP contribution in [0.2, 0.25) is 0 Å². The van der Waals surface area contributed by atoms with Crippen LogP contribution in [0.4, 0.5) is 0 Å². The van der Waals surface area contributed by atoms with Crippen molar-refractivity contribution >= 4 is 0 Å². The Labute approximate surface area is 81.7 Å². The Morgan fingerprint density at radius 3 is 2.38 bits per heavy atom. The molecule has 2 heteroatoms. The smallest absolute Gasteiger partial charge is 0.00964 e. The first-order valence-corrected chi connectivity index (χ1v) is 5.85. The molecule has 1 saturated heterocycles. The SMILES string of the molecule is CCNCC1CCN(C2CC2)CC1. The molecule has 1 N–H and O–H groups in total. The van der Waals surface area contributed by atoms with Gasteiger partial charge in [-0.05, 0) is 57.8 Å². The highest BCUT2D eigenvalue weighted by Crippen LogP contribution is 2.30. The Morgan fingerprint density at radius 1 is 1.15 bits per heavy atom. The van der Waals surface area contributed by atoms with E-state index in [0.29, 0.717) is 0 Å². The molecule has 0 aromatic carbocycles. The highest BCUT2D eigenvalue weighted by Gasteiger charge is 2.31. The van der Waals surface area contributed by atoms with E-state index in [2.05, 4.69) is 17.1 Å². The van der Waals surface area contributed by atoms with Crippen molar-refractivity contribution in [2.75, 3.05) is 26.2 Å². The maximum atomic E-state index is 3.46. The number of likely N-dealkylation sites (tertiary alicyclic amines) is 1. The first kappa shape index (κ1) is 9.47. The Kier molecular flexibility index (Phi) is 3.23. The Hall–Kier alpha value is -0.0800. The van der Waals surface area contributed by atoms with E-state index < -0.39 is 0 Å². The quantitative estimate of drug-likeness (QED) is 0.708. The van der Waals surface area contributed by atoms with Gasteiger partial charge in [-0.2, -0.15) is 0 Å². The van der Waals surface area contributed by atoms with E-state index in [0.717, 1.165) is 18.5 Å². The lowest BCUT2D eigenvalue weighted by molar-refractivity contribution is 0.175. The van der Waals surface area contributed by atoms with Gasteiger partial charge in [-0.1, -0.05) is 6.92 Å². The molecule has 2 fully saturated rings. The Balaban J connectivity index is 1.63. The molecule has 2 aliphatic rings. The zero-order chi connectivity index (χ0) is 9.10. The largest absolute Gasteiger partial charge is 0.317 e. The van der Waals surface area contributed by atoms with E-state index in [1.807, 2.05) is 0 Å². The lowest BCUT2D eigenvalue weighted by atomic mass is 9.97. The summed E-state index contributed by atoms with van der Waals surface area (Å²) in [6, 6.07) is 0.986. The van der Waals surface area contributed by atoms with Crippen LogP contribution >= 0.6 is 0 Å². The second-order valence-electron chi connectivity index (χ2n) is 4.52. The molecular formula is C11H22N2. The lowest BCUT2D eigenvalue weighted by Crippen LogP contribution is -2.38. The Bertz CT molecular complexity index is 146. The van der Waals surface area contributed by atoms with Gasteiger partial charge < -0.3 is 10.2 Å². The highest BCUT2D eigenvalue weighted by molar-refractivity contribution is 4.87.